The van der Waals surface area contributed by atoms with E-state index in [2.05, 4.69) is 47.0 Å². The van der Waals surface area contributed by atoms with E-state index in [1.54, 1.807) is 51.4 Å². The molecule has 1 aromatic carbocycles. The first kappa shape index (κ1) is 20.7. The van der Waals surface area contributed by atoms with E-state index in [-0.39, 0.29) is 17.1 Å². The molecule has 3 nitrogen and oxygen atoms in total. The minimum atomic E-state index is -1.71. The van der Waals surface area contributed by atoms with Crippen molar-refractivity contribution < 1.29 is 9.59 Å². The summed E-state index contributed by atoms with van der Waals surface area (Å²) in [6, 6.07) is 14.4. The lowest BCUT2D eigenvalue weighted by molar-refractivity contribution is 0.0990. The predicted molar refractivity (Wildman–Crippen MR) is 150 cm³/mol. The second kappa shape index (κ2) is 7.19. The fourth-order valence-electron chi connectivity index (χ4n) is 4.93. The monoisotopic (exact) mass is 531 g/mol. The van der Waals surface area contributed by atoms with E-state index < -0.39 is 8.07 Å². The summed E-state index contributed by atoms with van der Waals surface area (Å²) >= 11 is 6.78. The molecule has 0 spiro atoms. The highest BCUT2D eigenvalue weighted by molar-refractivity contribution is 7.25. The van der Waals surface area contributed by atoms with Crippen LogP contribution in [0.4, 0.5) is 15.0 Å². The van der Waals surface area contributed by atoms with Crippen molar-refractivity contribution in [2.75, 3.05) is 4.90 Å². The van der Waals surface area contributed by atoms with Gasteiger partial charge in [0.1, 0.15) is 23.1 Å². The van der Waals surface area contributed by atoms with Crippen LogP contribution in [0.1, 0.15) is 25.6 Å². The third-order valence-electron chi connectivity index (χ3n) is 6.73. The van der Waals surface area contributed by atoms with Gasteiger partial charge in [0, 0.05) is 20.7 Å². The van der Waals surface area contributed by atoms with Crippen LogP contribution < -0.4 is 15.3 Å². The number of thiophene rings is 4. The van der Waals surface area contributed by atoms with E-state index in [0.29, 0.717) is 11.1 Å². The molecule has 0 atom stereocenters. The van der Waals surface area contributed by atoms with E-state index in [0.717, 1.165) is 20.0 Å². The Morgan fingerprint density at radius 2 is 1.44 bits per heavy atom. The van der Waals surface area contributed by atoms with E-state index in [1.807, 2.05) is 29.6 Å². The van der Waals surface area contributed by atoms with Crippen LogP contribution in [0.25, 0.3) is 16.2 Å². The van der Waals surface area contributed by atoms with Gasteiger partial charge in [-0.3, -0.25) is 14.5 Å². The fourth-order valence-corrected chi connectivity index (χ4v) is 13.2. The lowest BCUT2D eigenvalue weighted by Gasteiger charge is -2.35. The number of carbonyl (C=O) groups excluding carboxylic acids is 2. The summed E-state index contributed by atoms with van der Waals surface area (Å²) in [5.74, 6) is -0.341. The number of hydrogen-bond acceptors (Lipinski definition) is 7. The Morgan fingerprint density at radius 3 is 2.15 bits per heavy atom. The van der Waals surface area contributed by atoms with Gasteiger partial charge in [0.25, 0.3) is 0 Å². The Kier molecular flexibility index (Phi) is 4.38. The first-order valence-corrected chi connectivity index (χ1v) is 17.3. The molecule has 0 unspecified atom stereocenters. The van der Waals surface area contributed by atoms with Crippen LogP contribution in [0.5, 0.6) is 0 Å². The van der Waals surface area contributed by atoms with Gasteiger partial charge in [-0.1, -0.05) is 13.1 Å². The zero-order valence-corrected chi connectivity index (χ0v) is 22.5. The summed E-state index contributed by atoms with van der Waals surface area (Å²) in [6.07, 6.45) is 1.78. The maximum atomic E-state index is 13.1. The van der Waals surface area contributed by atoms with Gasteiger partial charge in [-0.05, 0) is 80.4 Å². The van der Waals surface area contributed by atoms with Gasteiger partial charge in [0.15, 0.2) is 11.6 Å². The average molecular weight is 532 g/mol. The van der Waals surface area contributed by atoms with E-state index >= 15 is 0 Å². The average Bonchev–Trinajstić information content (AvgIpc) is 3.63. The molecule has 166 valence electrons. The topological polar surface area (TPSA) is 37.4 Å². The quantitative estimate of drug-likeness (QED) is 0.138. The zero-order chi connectivity index (χ0) is 23.2. The summed E-state index contributed by atoms with van der Waals surface area (Å²) in [6.45, 7) is 4.84. The molecule has 7 rings (SSSR count). The first-order valence-electron chi connectivity index (χ1n) is 10.8. The second-order valence-corrected chi connectivity index (χ2v) is 17.1. The molecule has 0 saturated heterocycles. The van der Waals surface area contributed by atoms with E-state index in [4.69, 9.17) is 0 Å². The molecule has 0 N–H and O–H groups in total. The van der Waals surface area contributed by atoms with Gasteiger partial charge in [0.2, 0.25) is 0 Å². The molecular formula is C26H17NO2S4Si. The third kappa shape index (κ3) is 2.77. The minimum absolute atomic E-state index is 0.169. The molecule has 1 aliphatic carbocycles. The Bertz CT molecular complexity index is 1600. The fraction of sp³-hybridized carbons (Fsp3) is 0.0769. The molecule has 0 amide bonds. The molecule has 0 radical (unpaired) electrons. The number of hydrogen-bond donors (Lipinski definition) is 0. The van der Waals surface area contributed by atoms with Crippen molar-refractivity contribution in [2.24, 2.45) is 0 Å². The summed E-state index contributed by atoms with van der Waals surface area (Å²) in [5, 5.41) is 14.0. The van der Waals surface area contributed by atoms with E-state index in [9.17, 15) is 9.59 Å². The normalized spacial score (nSPS) is 17.5. The van der Waals surface area contributed by atoms with Crippen LogP contribution in [0.2, 0.25) is 13.1 Å². The van der Waals surface area contributed by atoms with Gasteiger partial charge in [-0.2, -0.15) is 0 Å². The molecule has 5 heterocycles. The summed E-state index contributed by atoms with van der Waals surface area (Å²) in [5.41, 5.74) is 1.31. The highest BCUT2D eigenvalue weighted by Gasteiger charge is 2.41. The molecule has 2 aliphatic rings. The highest BCUT2D eigenvalue weighted by Crippen LogP contribution is 2.46. The summed E-state index contributed by atoms with van der Waals surface area (Å²) in [4.78, 5) is 29.5. The molecule has 1 aliphatic heterocycles. The largest absolute Gasteiger partial charge is 0.288 e. The molecular weight excluding hydrogens is 515 g/mol. The number of Topliss-reactive ketones (excluding diaryl/α,β-unsaturated/α-hetero) is 2. The highest BCUT2D eigenvalue weighted by atomic mass is 32.1. The van der Waals surface area contributed by atoms with Crippen molar-refractivity contribution in [3.05, 3.63) is 80.2 Å². The van der Waals surface area contributed by atoms with E-state index in [1.165, 1.54) is 20.4 Å². The number of fused-ring (bicyclic) bond motifs is 4. The number of allylic oxidation sites excluding steroid dienone is 1. The Hall–Kier alpha value is -2.62. The Balaban J connectivity index is 1.30. The SMILES string of the molecule is C[Si]1(C)c2ccsc2N(c2ccc(/C=C3\C(=O)c4cc5ccsc5cc4C3=O)s2)c2sccc21. The first-order chi connectivity index (χ1) is 16.4. The molecule has 34 heavy (non-hydrogen) atoms. The number of carbonyl (C=O) groups is 2. The van der Waals surface area contributed by atoms with Crippen LogP contribution >= 0.6 is 45.3 Å². The molecule has 8 heteroatoms. The molecule has 0 bridgehead atoms. The predicted octanol–water partition coefficient (Wildman–Crippen LogP) is 7.15. The third-order valence-corrected chi connectivity index (χ3v) is 14.3. The van der Waals surface area contributed by atoms with Gasteiger partial charge >= 0.3 is 0 Å². The van der Waals surface area contributed by atoms with Crippen molar-refractivity contribution in [2.45, 2.75) is 13.1 Å². The van der Waals surface area contributed by atoms with Crippen molar-refractivity contribution in [1.29, 1.82) is 0 Å². The lowest BCUT2D eigenvalue weighted by atomic mass is 10.1. The smallest absolute Gasteiger partial charge is 0.197 e. The van der Waals surface area contributed by atoms with Crippen LogP contribution in [0, 0.1) is 0 Å². The van der Waals surface area contributed by atoms with Crippen molar-refractivity contribution in [1.82, 2.24) is 0 Å². The molecule has 0 saturated carbocycles. The lowest BCUT2D eigenvalue weighted by Crippen LogP contribution is -2.56. The zero-order valence-electron chi connectivity index (χ0n) is 18.2. The van der Waals surface area contributed by atoms with Gasteiger partial charge in [-0.25, -0.2) is 0 Å². The van der Waals surface area contributed by atoms with Crippen molar-refractivity contribution in [3.8, 4) is 0 Å². The van der Waals surface area contributed by atoms with Gasteiger partial charge < -0.3 is 0 Å². The number of nitrogens with zero attached hydrogens (tertiary/aromatic N) is 1. The summed E-state index contributed by atoms with van der Waals surface area (Å²) < 4.78 is 1.04. The molecule has 4 aromatic heterocycles. The second-order valence-electron chi connectivity index (χ2n) is 8.99. The summed E-state index contributed by atoms with van der Waals surface area (Å²) in [7, 11) is -1.71. The molecule has 5 aromatic rings. The van der Waals surface area contributed by atoms with Gasteiger partial charge in [-0.15, -0.1) is 45.3 Å². The minimum Gasteiger partial charge on any atom is -0.288 e. The Labute approximate surface area is 213 Å². The van der Waals surface area contributed by atoms with Crippen LogP contribution in [-0.4, -0.2) is 19.6 Å². The maximum absolute atomic E-state index is 13.1. The molecule has 0 fully saturated rings. The van der Waals surface area contributed by atoms with Crippen molar-refractivity contribution >= 4 is 107 Å². The van der Waals surface area contributed by atoms with Crippen LogP contribution in [0.15, 0.2) is 64.2 Å². The van der Waals surface area contributed by atoms with Crippen LogP contribution in [-0.2, 0) is 0 Å². The number of benzene rings is 1. The Morgan fingerprint density at radius 1 is 0.794 bits per heavy atom. The number of anilines is 3. The van der Waals surface area contributed by atoms with Gasteiger partial charge in [0.05, 0.1) is 5.57 Å². The number of ketones is 2. The van der Waals surface area contributed by atoms with Crippen LogP contribution in [0.3, 0.4) is 0 Å². The standard InChI is InChI=1S/C26H17NO2S4Si/c1-34(2)20-6-9-31-25(20)27(26-21(34)7-10-32-26)22-4-3-15(33-22)12-18-23(28)16-11-14-5-8-30-19(14)13-17(16)24(18)29/h3-13H,1-2H3/b18-12+. The maximum Gasteiger partial charge on any atom is 0.197 e. The van der Waals surface area contributed by atoms with Crippen molar-refractivity contribution in [3.63, 3.8) is 0 Å². The number of rotatable bonds is 2.